The quantitative estimate of drug-likeness (QED) is 0.834. The van der Waals surface area contributed by atoms with Gasteiger partial charge >= 0.3 is 0 Å². The molecule has 2 heterocycles. The van der Waals surface area contributed by atoms with Crippen LogP contribution in [-0.4, -0.2) is 44.0 Å². The lowest BCUT2D eigenvalue weighted by Gasteiger charge is -2.37. The van der Waals surface area contributed by atoms with Crippen molar-refractivity contribution in [1.82, 2.24) is 9.29 Å². The van der Waals surface area contributed by atoms with Crippen LogP contribution in [0.5, 0.6) is 0 Å². The van der Waals surface area contributed by atoms with E-state index in [1.807, 2.05) is 18.2 Å². The average Bonchev–Trinajstić information content (AvgIpc) is 2.63. The van der Waals surface area contributed by atoms with Crippen LogP contribution in [0.25, 0.3) is 0 Å². The molecule has 3 rings (SSSR count). The van der Waals surface area contributed by atoms with E-state index in [0.29, 0.717) is 19.0 Å². The van der Waals surface area contributed by atoms with E-state index in [-0.39, 0.29) is 11.0 Å². The third-order valence-electron chi connectivity index (χ3n) is 4.57. The van der Waals surface area contributed by atoms with Crippen molar-refractivity contribution < 1.29 is 13.2 Å². The third-order valence-corrected chi connectivity index (χ3v) is 6.42. The molecule has 24 heavy (non-hydrogen) atoms. The molecule has 1 aliphatic heterocycles. The number of rotatable bonds is 5. The van der Waals surface area contributed by atoms with Gasteiger partial charge in [0.2, 0.25) is 10.0 Å². The van der Waals surface area contributed by atoms with Gasteiger partial charge in [0.15, 0.2) is 0 Å². The van der Waals surface area contributed by atoms with Gasteiger partial charge in [-0.3, -0.25) is 4.98 Å². The lowest BCUT2D eigenvalue weighted by molar-refractivity contribution is 0.0116. The van der Waals surface area contributed by atoms with Gasteiger partial charge in [-0.25, -0.2) is 8.42 Å². The largest absolute Gasteiger partial charge is 0.380 e. The Morgan fingerprint density at radius 3 is 2.67 bits per heavy atom. The Hall–Kier alpha value is -1.76. The third kappa shape index (κ3) is 3.66. The number of hydrogen-bond donors (Lipinski definition) is 0. The van der Waals surface area contributed by atoms with Crippen LogP contribution in [0, 0.1) is 5.92 Å². The van der Waals surface area contributed by atoms with Gasteiger partial charge in [0.25, 0.3) is 0 Å². The van der Waals surface area contributed by atoms with Crippen molar-refractivity contribution in [2.75, 3.05) is 20.2 Å². The predicted molar refractivity (Wildman–Crippen MR) is 92.0 cm³/mol. The molecule has 0 amide bonds. The molecule has 1 fully saturated rings. The fourth-order valence-electron chi connectivity index (χ4n) is 3.22. The van der Waals surface area contributed by atoms with Crippen molar-refractivity contribution in [3.8, 4) is 0 Å². The molecule has 1 aliphatic rings. The number of aromatic nitrogens is 1. The lowest BCUT2D eigenvalue weighted by atomic mass is 9.88. The minimum atomic E-state index is -3.51. The Balaban J connectivity index is 1.73. The van der Waals surface area contributed by atoms with Crippen molar-refractivity contribution >= 4 is 10.0 Å². The predicted octanol–water partition coefficient (Wildman–Crippen LogP) is 2.35. The Bertz CT molecular complexity index is 750. The highest BCUT2D eigenvalue weighted by molar-refractivity contribution is 7.89. The minimum Gasteiger partial charge on any atom is -0.380 e. The maximum Gasteiger partial charge on any atom is 0.244 e. The van der Waals surface area contributed by atoms with Gasteiger partial charge in [0.05, 0.1) is 6.10 Å². The van der Waals surface area contributed by atoms with Crippen LogP contribution >= 0.6 is 0 Å². The summed E-state index contributed by atoms with van der Waals surface area (Å²) in [6.45, 7) is 0.889. The van der Waals surface area contributed by atoms with Crippen molar-refractivity contribution in [1.29, 1.82) is 0 Å². The van der Waals surface area contributed by atoms with E-state index in [0.717, 1.165) is 12.8 Å². The van der Waals surface area contributed by atoms with Gasteiger partial charge in [0, 0.05) is 32.6 Å². The molecule has 0 aliphatic carbocycles. The van der Waals surface area contributed by atoms with E-state index in [4.69, 9.17) is 4.74 Å². The average molecular weight is 346 g/mol. The van der Waals surface area contributed by atoms with Crippen molar-refractivity contribution in [2.24, 2.45) is 5.92 Å². The van der Waals surface area contributed by atoms with E-state index in [1.165, 1.54) is 16.1 Å². The van der Waals surface area contributed by atoms with Crippen molar-refractivity contribution in [3.05, 3.63) is 60.4 Å². The molecule has 128 valence electrons. The molecule has 1 aromatic carbocycles. The van der Waals surface area contributed by atoms with Gasteiger partial charge in [-0.1, -0.05) is 30.3 Å². The normalized spacial score (nSPS) is 22.4. The summed E-state index contributed by atoms with van der Waals surface area (Å²) < 4.78 is 32.6. The molecule has 6 heteroatoms. The van der Waals surface area contributed by atoms with Crippen LogP contribution in [0.3, 0.4) is 0 Å². The van der Waals surface area contributed by atoms with Crippen LogP contribution in [0.2, 0.25) is 0 Å². The molecule has 0 N–H and O–H groups in total. The number of hydrogen-bond acceptors (Lipinski definition) is 4. The number of benzene rings is 1. The molecule has 5 nitrogen and oxygen atoms in total. The lowest BCUT2D eigenvalue weighted by Crippen LogP contribution is -2.47. The molecular weight excluding hydrogens is 324 g/mol. The van der Waals surface area contributed by atoms with Gasteiger partial charge in [-0.05, 0) is 36.5 Å². The SMILES string of the molecule is CO[C@@H]1CN(S(=O)(=O)c2cccnc2)CC[C@@H]1Cc1ccccc1. The Morgan fingerprint density at radius 2 is 2.00 bits per heavy atom. The molecule has 0 radical (unpaired) electrons. The van der Waals surface area contributed by atoms with E-state index < -0.39 is 10.0 Å². The Labute approximate surface area is 143 Å². The second-order valence-electron chi connectivity index (χ2n) is 6.06. The topological polar surface area (TPSA) is 59.5 Å². The van der Waals surface area contributed by atoms with E-state index in [2.05, 4.69) is 17.1 Å². The molecule has 2 atom stereocenters. The van der Waals surface area contributed by atoms with Crippen molar-refractivity contribution in [2.45, 2.75) is 23.8 Å². The van der Waals surface area contributed by atoms with Crippen LogP contribution in [0.4, 0.5) is 0 Å². The molecule has 2 aromatic rings. The van der Waals surface area contributed by atoms with Crippen LogP contribution < -0.4 is 0 Å². The van der Waals surface area contributed by atoms with Gasteiger partial charge in [0.1, 0.15) is 4.90 Å². The first kappa shape index (κ1) is 17.1. The van der Waals surface area contributed by atoms with E-state index >= 15 is 0 Å². The zero-order valence-electron chi connectivity index (χ0n) is 13.7. The maximum atomic E-state index is 12.7. The highest BCUT2D eigenvalue weighted by Crippen LogP contribution is 2.27. The first-order valence-corrected chi connectivity index (χ1v) is 9.52. The summed E-state index contributed by atoms with van der Waals surface area (Å²) in [4.78, 5) is 4.16. The molecule has 1 saturated heterocycles. The van der Waals surface area contributed by atoms with Crippen molar-refractivity contribution in [3.63, 3.8) is 0 Å². The fourth-order valence-corrected chi connectivity index (χ4v) is 4.65. The van der Waals surface area contributed by atoms with Crippen LogP contribution in [0.15, 0.2) is 59.8 Å². The molecule has 0 saturated carbocycles. The van der Waals surface area contributed by atoms with Gasteiger partial charge in [-0.15, -0.1) is 0 Å². The molecule has 0 spiro atoms. The Morgan fingerprint density at radius 1 is 1.21 bits per heavy atom. The smallest absolute Gasteiger partial charge is 0.244 e. The van der Waals surface area contributed by atoms with E-state index in [1.54, 1.807) is 25.4 Å². The number of pyridine rings is 1. The first-order chi connectivity index (χ1) is 11.6. The summed E-state index contributed by atoms with van der Waals surface area (Å²) in [6.07, 6.45) is 4.55. The summed E-state index contributed by atoms with van der Waals surface area (Å²) in [5.74, 6) is 0.317. The summed E-state index contributed by atoms with van der Waals surface area (Å²) in [5.41, 5.74) is 1.26. The number of piperidine rings is 1. The number of methoxy groups -OCH3 is 1. The zero-order chi connectivity index (χ0) is 17.0. The second kappa shape index (κ2) is 7.42. The fraction of sp³-hybridized carbons (Fsp3) is 0.389. The molecule has 1 aromatic heterocycles. The Kier molecular flexibility index (Phi) is 5.28. The first-order valence-electron chi connectivity index (χ1n) is 8.08. The maximum absolute atomic E-state index is 12.7. The monoisotopic (exact) mass is 346 g/mol. The number of ether oxygens (including phenoxy) is 1. The standard InChI is InChI=1S/C18H22N2O3S/c1-23-18-14-20(24(21,22)17-8-5-10-19-13-17)11-9-16(18)12-15-6-3-2-4-7-15/h2-8,10,13,16,18H,9,11-12,14H2,1H3/t16-,18-/m1/s1. The van der Waals surface area contributed by atoms with Gasteiger partial charge in [-0.2, -0.15) is 4.31 Å². The van der Waals surface area contributed by atoms with Gasteiger partial charge < -0.3 is 4.74 Å². The minimum absolute atomic E-state index is 0.106. The highest BCUT2D eigenvalue weighted by Gasteiger charge is 2.35. The number of sulfonamides is 1. The molecule has 0 unspecified atom stereocenters. The summed E-state index contributed by atoms with van der Waals surface area (Å²) in [6, 6.07) is 13.5. The van der Waals surface area contributed by atoms with Crippen LogP contribution in [0.1, 0.15) is 12.0 Å². The molecule has 0 bridgehead atoms. The zero-order valence-corrected chi connectivity index (χ0v) is 14.5. The second-order valence-corrected chi connectivity index (χ2v) is 8.00. The highest BCUT2D eigenvalue weighted by atomic mass is 32.2. The summed E-state index contributed by atoms with van der Waals surface area (Å²) in [5, 5.41) is 0. The van der Waals surface area contributed by atoms with Crippen LogP contribution in [-0.2, 0) is 21.2 Å². The van der Waals surface area contributed by atoms with E-state index in [9.17, 15) is 8.42 Å². The molecular formula is C18H22N2O3S. The number of nitrogens with zero attached hydrogens (tertiary/aromatic N) is 2. The summed E-state index contributed by atoms with van der Waals surface area (Å²) in [7, 11) is -1.85. The summed E-state index contributed by atoms with van der Waals surface area (Å²) >= 11 is 0.